The summed E-state index contributed by atoms with van der Waals surface area (Å²) in [6.45, 7) is 5.16. The van der Waals surface area contributed by atoms with Crippen molar-refractivity contribution in [2.75, 3.05) is 6.54 Å². The van der Waals surface area contributed by atoms with E-state index in [1.807, 2.05) is 26.0 Å². The second-order valence-corrected chi connectivity index (χ2v) is 3.68. The number of rotatable bonds is 4. The first-order chi connectivity index (χ1) is 6.14. The fourth-order valence-corrected chi connectivity index (χ4v) is 0.951. The first-order valence-electron chi connectivity index (χ1n) is 4.28. The standard InChI is InChI=1S/C10H14N2O/c1-10(2,7-11)8-12-6-9-4-3-5-13-9/h3-5,12H,6,8H2,1-2H3. The Hall–Kier alpha value is -1.27. The van der Waals surface area contributed by atoms with Crippen LogP contribution < -0.4 is 5.32 Å². The van der Waals surface area contributed by atoms with Crippen LogP contribution in [0.4, 0.5) is 0 Å². The zero-order valence-corrected chi connectivity index (χ0v) is 8.00. The van der Waals surface area contributed by atoms with E-state index in [0.29, 0.717) is 13.1 Å². The van der Waals surface area contributed by atoms with Crippen LogP contribution in [0.3, 0.4) is 0 Å². The highest BCUT2D eigenvalue weighted by Gasteiger charge is 2.15. The largest absolute Gasteiger partial charge is 0.468 e. The molecule has 1 rings (SSSR count). The molecule has 1 aromatic heterocycles. The molecule has 0 aromatic carbocycles. The molecule has 0 fully saturated rings. The van der Waals surface area contributed by atoms with E-state index in [1.54, 1.807) is 6.26 Å². The Morgan fingerprint density at radius 1 is 1.62 bits per heavy atom. The lowest BCUT2D eigenvalue weighted by Crippen LogP contribution is -2.27. The molecule has 0 atom stereocenters. The topological polar surface area (TPSA) is 49.0 Å². The Morgan fingerprint density at radius 2 is 2.38 bits per heavy atom. The van der Waals surface area contributed by atoms with Gasteiger partial charge in [0.25, 0.3) is 0 Å². The fraction of sp³-hybridized carbons (Fsp3) is 0.500. The minimum absolute atomic E-state index is 0.313. The van der Waals surface area contributed by atoms with Crippen molar-refractivity contribution in [2.45, 2.75) is 20.4 Å². The van der Waals surface area contributed by atoms with Gasteiger partial charge in [0.2, 0.25) is 0 Å². The molecule has 0 radical (unpaired) electrons. The van der Waals surface area contributed by atoms with Crippen LogP contribution in [0, 0.1) is 16.7 Å². The van der Waals surface area contributed by atoms with Crippen LogP contribution in [-0.2, 0) is 6.54 Å². The lowest BCUT2D eigenvalue weighted by Gasteiger charge is -2.14. The highest BCUT2D eigenvalue weighted by Crippen LogP contribution is 2.11. The van der Waals surface area contributed by atoms with Gasteiger partial charge in [0, 0.05) is 6.54 Å². The molecule has 1 heterocycles. The van der Waals surface area contributed by atoms with Crippen molar-refractivity contribution < 1.29 is 4.42 Å². The molecule has 0 aliphatic heterocycles. The molecular formula is C10H14N2O. The number of furan rings is 1. The van der Waals surface area contributed by atoms with Gasteiger partial charge < -0.3 is 9.73 Å². The second kappa shape index (κ2) is 4.11. The van der Waals surface area contributed by atoms with E-state index >= 15 is 0 Å². The van der Waals surface area contributed by atoms with Gasteiger partial charge in [-0.15, -0.1) is 0 Å². The van der Waals surface area contributed by atoms with Crippen molar-refractivity contribution in [1.29, 1.82) is 5.26 Å². The summed E-state index contributed by atoms with van der Waals surface area (Å²) in [7, 11) is 0. The number of hydrogen-bond donors (Lipinski definition) is 1. The minimum atomic E-state index is -0.313. The van der Waals surface area contributed by atoms with Gasteiger partial charge in [-0.1, -0.05) is 0 Å². The minimum Gasteiger partial charge on any atom is -0.468 e. The van der Waals surface area contributed by atoms with E-state index in [0.717, 1.165) is 5.76 Å². The molecule has 0 unspecified atom stereocenters. The van der Waals surface area contributed by atoms with Crippen LogP contribution in [0.2, 0.25) is 0 Å². The quantitative estimate of drug-likeness (QED) is 0.766. The molecule has 3 heteroatoms. The molecule has 0 aliphatic carbocycles. The predicted molar refractivity (Wildman–Crippen MR) is 49.8 cm³/mol. The summed E-state index contributed by atoms with van der Waals surface area (Å²) in [5.41, 5.74) is -0.313. The van der Waals surface area contributed by atoms with Crippen LogP contribution in [0.25, 0.3) is 0 Å². The fourth-order valence-electron chi connectivity index (χ4n) is 0.951. The van der Waals surface area contributed by atoms with E-state index in [9.17, 15) is 0 Å². The van der Waals surface area contributed by atoms with Crippen molar-refractivity contribution in [1.82, 2.24) is 5.32 Å². The van der Waals surface area contributed by atoms with Crippen LogP contribution >= 0.6 is 0 Å². The zero-order chi connectivity index (χ0) is 9.73. The zero-order valence-electron chi connectivity index (χ0n) is 8.00. The van der Waals surface area contributed by atoms with Crippen LogP contribution in [0.15, 0.2) is 22.8 Å². The summed E-state index contributed by atoms with van der Waals surface area (Å²) in [6, 6.07) is 5.99. The van der Waals surface area contributed by atoms with Gasteiger partial charge in [0.1, 0.15) is 5.76 Å². The average molecular weight is 178 g/mol. The molecule has 0 aliphatic rings. The van der Waals surface area contributed by atoms with Gasteiger partial charge in [-0.2, -0.15) is 5.26 Å². The van der Waals surface area contributed by atoms with E-state index in [-0.39, 0.29) is 5.41 Å². The Balaban J connectivity index is 2.26. The molecule has 0 spiro atoms. The number of nitriles is 1. The number of nitrogens with one attached hydrogen (secondary N) is 1. The molecule has 70 valence electrons. The van der Waals surface area contributed by atoms with E-state index in [4.69, 9.17) is 9.68 Å². The lowest BCUT2D eigenvalue weighted by atomic mass is 9.96. The van der Waals surface area contributed by atoms with Gasteiger partial charge in [-0.3, -0.25) is 0 Å². The maximum Gasteiger partial charge on any atom is 0.117 e. The van der Waals surface area contributed by atoms with Gasteiger partial charge in [0.15, 0.2) is 0 Å². The SMILES string of the molecule is CC(C)(C#N)CNCc1ccco1. The molecular weight excluding hydrogens is 164 g/mol. The van der Waals surface area contributed by atoms with Gasteiger partial charge in [-0.05, 0) is 26.0 Å². The number of nitrogens with zero attached hydrogens (tertiary/aromatic N) is 1. The Morgan fingerprint density at radius 3 is 2.92 bits per heavy atom. The molecule has 0 bridgehead atoms. The smallest absolute Gasteiger partial charge is 0.117 e. The average Bonchev–Trinajstić information content (AvgIpc) is 2.57. The Kier molecular flexibility index (Phi) is 3.10. The molecule has 3 nitrogen and oxygen atoms in total. The maximum atomic E-state index is 8.74. The molecule has 0 amide bonds. The highest BCUT2D eigenvalue weighted by molar-refractivity contribution is 4.99. The Bertz CT molecular complexity index is 282. The highest BCUT2D eigenvalue weighted by atomic mass is 16.3. The van der Waals surface area contributed by atoms with E-state index in [1.165, 1.54) is 0 Å². The van der Waals surface area contributed by atoms with Crippen LogP contribution in [0.1, 0.15) is 19.6 Å². The van der Waals surface area contributed by atoms with Crippen LogP contribution in [0.5, 0.6) is 0 Å². The summed E-state index contributed by atoms with van der Waals surface area (Å²) < 4.78 is 5.14. The van der Waals surface area contributed by atoms with Crippen molar-refractivity contribution in [3.8, 4) is 6.07 Å². The molecule has 1 N–H and O–H groups in total. The lowest BCUT2D eigenvalue weighted by molar-refractivity contribution is 0.417. The predicted octanol–water partition coefficient (Wildman–Crippen LogP) is 1.92. The molecule has 1 aromatic rings. The third-order valence-corrected chi connectivity index (χ3v) is 1.75. The third kappa shape index (κ3) is 3.30. The van der Waals surface area contributed by atoms with Crippen molar-refractivity contribution in [2.24, 2.45) is 5.41 Å². The van der Waals surface area contributed by atoms with Gasteiger partial charge in [-0.25, -0.2) is 0 Å². The first-order valence-corrected chi connectivity index (χ1v) is 4.28. The summed E-state index contributed by atoms with van der Waals surface area (Å²) in [6.07, 6.45) is 1.65. The van der Waals surface area contributed by atoms with Crippen molar-refractivity contribution in [3.63, 3.8) is 0 Å². The van der Waals surface area contributed by atoms with E-state index < -0.39 is 0 Å². The Labute approximate surface area is 78.4 Å². The molecule has 0 saturated heterocycles. The summed E-state index contributed by atoms with van der Waals surface area (Å²) in [5, 5.41) is 11.9. The van der Waals surface area contributed by atoms with E-state index in [2.05, 4.69) is 11.4 Å². The molecule has 0 saturated carbocycles. The first kappa shape index (κ1) is 9.82. The monoisotopic (exact) mass is 178 g/mol. The summed E-state index contributed by atoms with van der Waals surface area (Å²) in [4.78, 5) is 0. The number of hydrogen-bond acceptors (Lipinski definition) is 3. The third-order valence-electron chi connectivity index (χ3n) is 1.75. The van der Waals surface area contributed by atoms with Crippen molar-refractivity contribution in [3.05, 3.63) is 24.2 Å². The van der Waals surface area contributed by atoms with Gasteiger partial charge >= 0.3 is 0 Å². The van der Waals surface area contributed by atoms with Crippen LogP contribution in [-0.4, -0.2) is 6.54 Å². The maximum absolute atomic E-state index is 8.74. The molecule has 13 heavy (non-hydrogen) atoms. The second-order valence-electron chi connectivity index (χ2n) is 3.68. The summed E-state index contributed by atoms with van der Waals surface area (Å²) >= 11 is 0. The van der Waals surface area contributed by atoms with Gasteiger partial charge in [0.05, 0.1) is 24.3 Å². The normalized spacial score (nSPS) is 11.2. The van der Waals surface area contributed by atoms with Crippen molar-refractivity contribution >= 4 is 0 Å². The summed E-state index contributed by atoms with van der Waals surface area (Å²) in [5.74, 6) is 0.897.